The molecule has 0 fully saturated rings. The van der Waals surface area contributed by atoms with E-state index in [0.717, 1.165) is 15.4 Å². The number of carbonyl (C=O) groups excluding carboxylic acids is 2. The lowest BCUT2D eigenvalue weighted by Crippen LogP contribution is -2.54. The van der Waals surface area contributed by atoms with E-state index in [1.165, 1.54) is 37.3 Å². The second-order valence-electron chi connectivity index (χ2n) is 10.3. The quantitative estimate of drug-likeness (QED) is 0.293. The number of ether oxygens (including phenoxy) is 2. The van der Waals surface area contributed by atoms with Crippen molar-refractivity contribution in [3.8, 4) is 11.5 Å². The summed E-state index contributed by atoms with van der Waals surface area (Å²) < 4.78 is 40.2. The number of methoxy groups -OCH3 is 2. The SMILES string of the molecule is CCC(C(=O)NC(C)C)N(CCc1ccccc1)C(=O)CN(c1cc(OC)ccc1OC)S(=O)(=O)c1ccc(C)cc1. The fourth-order valence-corrected chi connectivity index (χ4v) is 6.04. The van der Waals surface area contributed by atoms with E-state index in [1.807, 2.05) is 58.0 Å². The molecule has 3 aromatic rings. The van der Waals surface area contributed by atoms with E-state index in [1.54, 1.807) is 24.3 Å². The van der Waals surface area contributed by atoms with Gasteiger partial charge in [0.15, 0.2) is 0 Å². The molecule has 0 aliphatic heterocycles. The van der Waals surface area contributed by atoms with Gasteiger partial charge in [-0.25, -0.2) is 8.42 Å². The smallest absolute Gasteiger partial charge is 0.264 e. The molecule has 0 aliphatic carbocycles. The number of amides is 2. The number of nitrogens with zero attached hydrogens (tertiary/aromatic N) is 2. The molecule has 1 atom stereocenters. The van der Waals surface area contributed by atoms with Gasteiger partial charge in [-0.2, -0.15) is 0 Å². The average Bonchev–Trinajstić information content (AvgIpc) is 2.97. The number of aryl methyl sites for hydroxylation is 1. The van der Waals surface area contributed by atoms with Crippen molar-refractivity contribution in [2.45, 2.75) is 57.5 Å². The molecule has 9 nitrogen and oxygen atoms in total. The van der Waals surface area contributed by atoms with Gasteiger partial charge in [-0.3, -0.25) is 13.9 Å². The first-order valence-electron chi connectivity index (χ1n) is 14.0. The topological polar surface area (TPSA) is 105 Å². The van der Waals surface area contributed by atoms with Crippen molar-refractivity contribution in [2.24, 2.45) is 0 Å². The molecule has 0 aromatic heterocycles. The molecule has 0 saturated heterocycles. The molecule has 1 N–H and O–H groups in total. The molecule has 0 aliphatic rings. The number of carbonyl (C=O) groups is 2. The second-order valence-corrected chi connectivity index (χ2v) is 12.1. The molecule has 42 heavy (non-hydrogen) atoms. The molecule has 10 heteroatoms. The Kier molecular flexibility index (Phi) is 11.4. The second kappa shape index (κ2) is 14.7. The van der Waals surface area contributed by atoms with Crippen molar-refractivity contribution in [3.05, 3.63) is 83.9 Å². The first-order valence-corrected chi connectivity index (χ1v) is 15.4. The Labute approximate surface area is 249 Å². The minimum Gasteiger partial charge on any atom is -0.497 e. The van der Waals surface area contributed by atoms with Crippen molar-refractivity contribution in [2.75, 3.05) is 31.6 Å². The highest BCUT2D eigenvalue weighted by Gasteiger charge is 2.35. The van der Waals surface area contributed by atoms with Gasteiger partial charge < -0.3 is 19.7 Å². The van der Waals surface area contributed by atoms with E-state index in [9.17, 15) is 18.0 Å². The summed E-state index contributed by atoms with van der Waals surface area (Å²) in [5.74, 6) is -0.163. The standard InChI is InChI=1S/C32H41N3O6S/c1-7-28(32(37)33-23(2)3)34(20-19-25-11-9-8-10-12-25)31(36)22-35(29-21-26(40-5)15-18-30(29)41-6)42(38,39)27-16-13-24(4)14-17-27/h8-18,21,23,28H,7,19-20,22H2,1-6H3,(H,33,37). The molecule has 0 saturated carbocycles. The van der Waals surface area contributed by atoms with Crippen LogP contribution in [0.15, 0.2) is 77.7 Å². The van der Waals surface area contributed by atoms with Gasteiger partial charge in [-0.05, 0) is 63.4 Å². The normalized spacial score (nSPS) is 12.0. The summed E-state index contributed by atoms with van der Waals surface area (Å²) in [6.07, 6.45) is 0.845. The summed E-state index contributed by atoms with van der Waals surface area (Å²) in [5.41, 5.74) is 2.03. The molecule has 0 radical (unpaired) electrons. The van der Waals surface area contributed by atoms with E-state index in [4.69, 9.17) is 9.47 Å². The third kappa shape index (κ3) is 8.03. The minimum absolute atomic E-state index is 0.0196. The van der Waals surface area contributed by atoms with Gasteiger partial charge in [0.2, 0.25) is 11.8 Å². The monoisotopic (exact) mass is 595 g/mol. The zero-order valence-electron chi connectivity index (χ0n) is 25.2. The van der Waals surface area contributed by atoms with Crippen LogP contribution in [0.25, 0.3) is 0 Å². The van der Waals surface area contributed by atoms with Gasteiger partial charge in [0.05, 0.1) is 24.8 Å². The van der Waals surface area contributed by atoms with Crippen molar-refractivity contribution >= 4 is 27.5 Å². The molecule has 2 amide bonds. The highest BCUT2D eigenvalue weighted by atomic mass is 32.2. The van der Waals surface area contributed by atoms with Gasteiger partial charge in [0, 0.05) is 18.7 Å². The third-order valence-electron chi connectivity index (χ3n) is 6.84. The Morgan fingerprint density at radius 3 is 2.17 bits per heavy atom. The molecular weight excluding hydrogens is 554 g/mol. The third-order valence-corrected chi connectivity index (χ3v) is 8.62. The number of hydrogen-bond acceptors (Lipinski definition) is 6. The molecular formula is C32H41N3O6S. The summed E-state index contributed by atoms with van der Waals surface area (Å²) in [4.78, 5) is 29.0. The molecule has 0 heterocycles. The van der Waals surface area contributed by atoms with Crippen LogP contribution in [0.2, 0.25) is 0 Å². The summed E-state index contributed by atoms with van der Waals surface area (Å²) in [5, 5.41) is 2.91. The Hall–Kier alpha value is -4.05. The molecule has 3 aromatic carbocycles. The average molecular weight is 596 g/mol. The summed E-state index contributed by atoms with van der Waals surface area (Å²) >= 11 is 0. The molecule has 226 valence electrons. The Morgan fingerprint density at radius 1 is 0.929 bits per heavy atom. The molecule has 0 spiro atoms. The van der Waals surface area contributed by atoms with Crippen LogP contribution < -0.4 is 19.1 Å². The highest BCUT2D eigenvalue weighted by molar-refractivity contribution is 7.92. The van der Waals surface area contributed by atoms with Crippen LogP contribution in [0.4, 0.5) is 5.69 Å². The van der Waals surface area contributed by atoms with Crippen molar-refractivity contribution in [3.63, 3.8) is 0 Å². The maximum absolute atomic E-state index is 14.2. The van der Waals surface area contributed by atoms with Gasteiger partial charge in [-0.15, -0.1) is 0 Å². The number of rotatable bonds is 14. The summed E-state index contributed by atoms with van der Waals surface area (Å²) in [6, 6.07) is 19.9. The fourth-order valence-electron chi connectivity index (χ4n) is 4.62. The van der Waals surface area contributed by atoms with E-state index < -0.39 is 28.5 Å². The molecule has 3 rings (SSSR count). The lowest BCUT2D eigenvalue weighted by atomic mass is 10.1. The van der Waals surface area contributed by atoms with Crippen LogP contribution in [-0.4, -0.2) is 64.5 Å². The fraction of sp³-hybridized carbons (Fsp3) is 0.375. The number of nitrogens with one attached hydrogen (secondary N) is 1. The van der Waals surface area contributed by atoms with E-state index >= 15 is 0 Å². The van der Waals surface area contributed by atoms with Crippen LogP contribution in [0, 0.1) is 6.92 Å². The number of anilines is 1. The maximum Gasteiger partial charge on any atom is 0.264 e. The summed E-state index contributed by atoms with van der Waals surface area (Å²) in [7, 11) is -1.34. The van der Waals surface area contributed by atoms with Crippen LogP contribution in [0.5, 0.6) is 11.5 Å². The zero-order valence-corrected chi connectivity index (χ0v) is 26.0. The lowest BCUT2D eigenvalue weighted by molar-refractivity contribution is -0.139. The number of benzene rings is 3. The minimum atomic E-state index is -4.25. The first kappa shape index (κ1) is 32.5. The number of hydrogen-bond donors (Lipinski definition) is 1. The first-order chi connectivity index (χ1) is 20.0. The summed E-state index contributed by atoms with van der Waals surface area (Å²) in [6.45, 7) is 7.07. The number of sulfonamides is 1. The van der Waals surface area contributed by atoms with Crippen LogP contribution in [-0.2, 0) is 26.0 Å². The van der Waals surface area contributed by atoms with Gasteiger partial charge in [-0.1, -0.05) is 55.0 Å². The lowest BCUT2D eigenvalue weighted by Gasteiger charge is -2.34. The van der Waals surface area contributed by atoms with Crippen LogP contribution in [0.1, 0.15) is 38.3 Å². The van der Waals surface area contributed by atoms with Crippen molar-refractivity contribution in [1.82, 2.24) is 10.2 Å². The van der Waals surface area contributed by atoms with Crippen LogP contribution >= 0.6 is 0 Å². The Balaban J connectivity index is 2.10. The van der Waals surface area contributed by atoms with Gasteiger partial charge >= 0.3 is 0 Å². The van der Waals surface area contributed by atoms with Gasteiger partial charge in [0.1, 0.15) is 24.1 Å². The Morgan fingerprint density at radius 2 is 1.60 bits per heavy atom. The highest BCUT2D eigenvalue weighted by Crippen LogP contribution is 2.36. The van der Waals surface area contributed by atoms with Gasteiger partial charge in [0.25, 0.3) is 10.0 Å². The largest absolute Gasteiger partial charge is 0.497 e. The Bertz CT molecular complexity index is 1440. The van der Waals surface area contributed by atoms with E-state index in [2.05, 4.69) is 5.32 Å². The zero-order chi connectivity index (χ0) is 30.9. The molecule has 1 unspecified atom stereocenters. The van der Waals surface area contributed by atoms with Crippen molar-refractivity contribution < 1.29 is 27.5 Å². The molecule has 0 bridgehead atoms. The predicted molar refractivity (Wildman–Crippen MR) is 164 cm³/mol. The predicted octanol–water partition coefficient (Wildman–Crippen LogP) is 4.58. The van der Waals surface area contributed by atoms with E-state index in [0.29, 0.717) is 18.6 Å². The van der Waals surface area contributed by atoms with Crippen LogP contribution in [0.3, 0.4) is 0 Å². The maximum atomic E-state index is 14.2. The van der Waals surface area contributed by atoms with E-state index in [-0.39, 0.29) is 34.8 Å². The van der Waals surface area contributed by atoms with Crippen molar-refractivity contribution in [1.29, 1.82) is 0 Å².